The van der Waals surface area contributed by atoms with Gasteiger partial charge in [-0.15, -0.1) is 0 Å². The third kappa shape index (κ3) is 2.74. The Bertz CT molecular complexity index is 711. The van der Waals surface area contributed by atoms with Gasteiger partial charge in [0.15, 0.2) is 0 Å². The van der Waals surface area contributed by atoms with Crippen molar-refractivity contribution in [2.45, 2.75) is 31.9 Å². The van der Waals surface area contributed by atoms with Gasteiger partial charge in [0, 0.05) is 12.1 Å². The van der Waals surface area contributed by atoms with Crippen LogP contribution < -0.4 is 0 Å². The van der Waals surface area contributed by atoms with Crippen molar-refractivity contribution in [2.24, 2.45) is 0 Å². The largest absolute Gasteiger partial charge is 0.465 e. The Kier molecular flexibility index (Phi) is 3.94. The van der Waals surface area contributed by atoms with Crippen LogP contribution in [0.4, 0.5) is 4.39 Å². The molecule has 1 aromatic heterocycles. The second-order valence-corrected chi connectivity index (χ2v) is 5.46. The molecule has 0 fully saturated rings. The predicted octanol–water partition coefficient (Wildman–Crippen LogP) is 1.71. The second-order valence-electron chi connectivity index (χ2n) is 5.46. The van der Waals surface area contributed by atoms with Gasteiger partial charge in [-0.3, -0.25) is 4.68 Å². The Morgan fingerprint density at radius 2 is 2.36 bits per heavy atom. The smallest absolute Gasteiger partial charge is 0.338 e. The number of ether oxygens (including phenoxy) is 1. The number of aromatic nitrogens is 2. The zero-order chi connectivity index (χ0) is 15.7. The van der Waals surface area contributed by atoms with Crippen molar-refractivity contribution in [1.29, 1.82) is 0 Å². The minimum absolute atomic E-state index is 0.197. The molecule has 3 rings (SSSR count). The number of fused-ring (bicyclic) bond motifs is 1. The SMILES string of the molecule is COC(=O)c1cc(F)ccc1Cn1ncc2c1CC(O)CC2. The van der Waals surface area contributed by atoms with Crippen LogP contribution in [0.25, 0.3) is 0 Å². The number of hydrogen-bond acceptors (Lipinski definition) is 4. The number of methoxy groups -OCH3 is 1. The Hall–Kier alpha value is -2.21. The number of aliphatic hydroxyl groups excluding tert-OH is 1. The topological polar surface area (TPSA) is 64.4 Å². The van der Waals surface area contributed by atoms with Gasteiger partial charge in [-0.05, 0) is 36.1 Å². The van der Waals surface area contributed by atoms with Crippen molar-refractivity contribution in [3.63, 3.8) is 0 Å². The van der Waals surface area contributed by atoms with E-state index in [9.17, 15) is 14.3 Å². The molecule has 6 heteroatoms. The molecule has 5 nitrogen and oxygen atoms in total. The third-order valence-corrected chi connectivity index (χ3v) is 4.01. The monoisotopic (exact) mass is 304 g/mol. The highest BCUT2D eigenvalue weighted by molar-refractivity contribution is 5.91. The fourth-order valence-electron chi connectivity index (χ4n) is 2.83. The summed E-state index contributed by atoms with van der Waals surface area (Å²) >= 11 is 0. The van der Waals surface area contributed by atoms with Crippen LogP contribution in [0, 0.1) is 5.82 Å². The molecule has 0 bridgehead atoms. The van der Waals surface area contributed by atoms with E-state index in [0.29, 0.717) is 18.5 Å². The number of aliphatic hydroxyl groups is 1. The Morgan fingerprint density at radius 1 is 1.55 bits per heavy atom. The van der Waals surface area contributed by atoms with E-state index in [1.807, 2.05) is 0 Å². The summed E-state index contributed by atoms with van der Waals surface area (Å²) in [6, 6.07) is 4.05. The lowest BCUT2D eigenvalue weighted by molar-refractivity contribution is 0.0598. The minimum Gasteiger partial charge on any atom is -0.465 e. The zero-order valence-electron chi connectivity index (χ0n) is 12.3. The molecule has 0 spiro atoms. The van der Waals surface area contributed by atoms with E-state index >= 15 is 0 Å². The summed E-state index contributed by atoms with van der Waals surface area (Å²) in [4.78, 5) is 11.8. The molecule has 1 unspecified atom stereocenters. The minimum atomic E-state index is -0.574. The number of carbonyl (C=O) groups excluding carboxylic acids is 1. The van der Waals surface area contributed by atoms with Crippen LogP contribution in [0.5, 0.6) is 0 Å². The number of benzene rings is 1. The van der Waals surface area contributed by atoms with Crippen LogP contribution in [0.1, 0.15) is 33.6 Å². The molecule has 1 aliphatic carbocycles. The van der Waals surface area contributed by atoms with Gasteiger partial charge in [-0.25, -0.2) is 9.18 Å². The first-order valence-corrected chi connectivity index (χ1v) is 7.17. The molecule has 0 amide bonds. The highest BCUT2D eigenvalue weighted by Crippen LogP contribution is 2.23. The first kappa shape index (κ1) is 14.7. The number of halogens is 1. The summed E-state index contributed by atoms with van der Waals surface area (Å²) in [7, 11) is 1.27. The van der Waals surface area contributed by atoms with Gasteiger partial charge in [-0.2, -0.15) is 5.10 Å². The highest BCUT2D eigenvalue weighted by atomic mass is 19.1. The summed E-state index contributed by atoms with van der Waals surface area (Å²) in [6.07, 6.45) is 3.51. The lowest BCUT2D eigenvalue weighted by Crippen LogP contribution is -2.21. The molecule has 0 saturated carbocycles. The summed E-state index contributed by atoms with van der Waals surface area (Å²) in [5.74, 6) is -1.06. The fourth-order valence-corrected chi connectivity index (χ4v) is 2.83. The van der Waals surface area contributed by atoms with Crippen molar-refractivity contribution in [2.75, 3.05) is 7.11 Å². The number of rotatable bonds is 3. The fraction of sp³-hybridized carbons (Fsp3) is 0.375. The molecule has 2 aromatic rings. The van der Waals surface area contributed by atoms with Gasteiger partial charge in [0.05, 0.1) is 31.5 Å². The number of nitrogens with zero attached hydrogens (tertiary/aromatic N) is 2. The third-order valence-electron chi connectivity index (χ3n) is 4.01. The summed E-state index contributed by atoms with van der Waals surface area (Å²) in [5.41, 5.74) is 2.92. The molecule has 22 heavy (non-hydrogen) atoms. The van der Waals surface area contributed by atoms with Crippen LogP contribution in [0.15, 0.2) is 24.4 Å². The average molecular weight is 304 g/mol. The van der Waals surface area contributed by atoms with Crippen molar-refractivity contribution in [1.82, 2.24) is 9.78 Å². The summed E-state index contributed by atoms with van der Waals surface area (Å²) in [5, 5.41) is 14.2. The lowest BCUT2D eigenvalue weighted by Gasteiger charge is -2.19. The van der Waals surface area contributed by atoms with Gasteiger partial charge in [0.25, 0.3) is 0 Å². The predicted molar refractivity (Wildman–Crippen MR) is 77.1 cm³/mol. The molecule has 1 aliphatic rings. The number of aryl methyl sites for hydroxylation is 1. The van der Waals surface area contributed by atoms with Crippen molar-refractivity contribution < 1.29 is 19.0 Å². The van der Waals surface area contributed by atoms with Crippen molar-refractivity contribution in [3.05, 3.63) is 52.6 Å². The van der Waals surface area contributed by atoms with E-state index in [2.05, 4.69) is 5.10 Å². The van der Waals surface area contributed by atoms with Gasteiger partial charge in [0.1, 0.15) is 5.82 Å². The van der Waals surface area contributed by atoms with Crippen LogP contribution in [-0.2, 0) is 24.1 Å². The van der Waals surface area contributed by atoms with E-state index in [4.69, 9.17) is 4.74 Å². The Morgan fingerprint density at radius 3 is 3.14 bits per heavy atom. The van der Waals surface area contributed by atoms with E-state index < -0.39 is 11.8 Å². The molecule has 0 radical (unpaired) electrons. The lowest BCUT2D eigenvalue weighted by atomic mass is 9.95. The van der Waals surface area contributed by atoms with Crippen LogP contribution in [0.3, 0.4) is 0 Å². The Labute approximate surface area is 127 Å². The van der Waals surface area contributed by atoms with E-state index in [1.165, 1.54) is 19.2 Å². The van der Waals surface area contributed by atoms with Crippen LogP contribution in [0.2, 0.25) is 0 Å². The van der Waals surface area contributed by atoms with Gasteiger partial charge >= 0.3 is 5.97 Å². The van der Waals surface area contributed by atoms with E-state index in [0.717, 1.165) is 24.1 Å². The number of esters is 1. The Balaban J connectivity index is 1.94. The van der Waals surface area contributed by atoms with E-state index in [1.54, 1.807) is 16.9 Å². The molecule has 1 atom stereocenters. The maximum absolute atomic E-state index is 13.4. The van der Waals surface area contributed by atoms with Gasteiger partial charge in [0.2, 0.25) is 0 Å². The second kappa shape index (κ2) is 5.88. The summed E-state index contributed by atoms with van der Waals surface area (Å²) < 4.78 is 19.9. The molecule has 0 aliphatic heterocycles. The molecule has 1 aromatic carbocycles. The average Bonchev–Trinajstić information content (AvgIpc) is 2.90. The van der Waals surface area contributed by atoms with Crippen molar-refractivity contribution in [3.8, 4) is 0 Å². The van der Waals surface area contributed by atoms with E-state index in [-0.39, 0.29) is 11.7 Å². The summed E-state index contributed by atoms with van der Waals surface area (Å²) in [6.45, 7) is 0.340. The van der Waals surface area contributed by atoms with Crippen LogP contribution in [-0.4, -0.2) is 34.1 Å². The quantitative estimate of drug-likeness (QED) is 0.877. The zero-order valence-corrected chi connectivity index (χ0v) is 12.3. The number of hydrogen-bond donors (Lipinski definition) is 1. The molecule has 0 saturated heterocycles. The highest BCUT2D eigenvalue weighted by Gasteiger charge is 2.22. The maximum Gasteiger partial charge on any atom is 0.338 e. The molecule has 1 N–H and O–H groups in total. The maximum atomic E-state index is 13.4. The number of carbonyl (C=O) groups is 1. The van der Waals surface area contributed by atoms with Crippen LogP contribution >= 0.6 is 0 Å². The molecule has 116 valence electrons. The first-order valence-electron chi connectivity index (χ1n) is 7.17. The van der Waals surface area contributed by atoms with Crippen molar-refractivity contribution >= 4 is 5.97 Å². The molecular weight excluding hydrogens is 287 g/mol. The normalized spacial score (nSPS) is 17.1. The first-order chi connectivity index (χ1) is 10.6. The molecular formula is C16H17FN2O3. The van der Waals surface area contributed by atoms with Gasteiger partial charge in [-0.1, -0.05) is 6.07 Å². The molecule has 1 heterocycles. The van der Waals surface area contributed by atoms with Gasteiger partial charge < -0.3 is 9.84 Å². The standard InChI is InChI=1S/C16H17FN2O3/c1-22-16(21)14-6-12(17)4-2-11(14)9-19-15-7-13(20)5-3-10(15)8-18-19/h2,4,6,8,13,20H,3,5,7,9H2,1H3.